The van der Waals surface area contributed by atoms with E-state index in [4.69, 9.17) is 21.1 Å². The molecule has 0 amide bonds. The summed E-state index contributed by atoms with van der Waals surface area (Å²) in [6, 6.07) is 5.49. The molecule has 0 radical (unpaired) electrons. The van der Waals surface area contributed by atoms with Crippen LogP contribution in [0.1, 0.15) is 5.56 Å². The van der Waals surface area contributed by atoms with E-state index in [0.717, 1.165) is 11.3 Å². The molecule has 14 heavy (non-hydrogen) atoms. The molecule has 74 valence electrons. The smallest absolute Gasteiger partial charge is 0.231 e. The first-order valence-electron chi connectivity index (χ1n) is 4.13. The predicted molar refractivity (Wildman–Crippen MR) is 52.1 cm³/mol. The number of ether oxygens (including phenoxy) is 2. The molecule has 0 saturated carbocycles. The van der Waals surface area contributed by atoms with Gasteiger partial charge in [0.25, 0.3) is 0 Å². The molecule has 5 nitrogen and oxygen atoms in total. The summed E-state index contributed by atoms with van der Waals surface area (Å²) in [5.74, 6) is 6.73. The number of nitrogens with one attached hydrogen (secondary N) is 1. The Balaban J connectivity index is 2.37. The van der Waals surface area contributed by atoms with Crippen molar-refractivity contribution in [2.75, 3.05) is 6.79 Å². The van der Waals surface area contributed by atoms with E-state index in [1.165, 1.54) is 6.20 Å². The topological polar surface area (TPSA) is 82.5 Å². The van der Waals surface area contributed by atoms with Crippen molar-refractivity contribution in [1.82, 2.24) is 5.43 Å². The monoisotopic (exact) mass is 193 g/mol. The summed E-state index contributed by atoms with van der Waals surface area (Å²) in [5, 5.41) is 0. The standard InChI is InChI=1S/C9H11N3O2/c10-4-7(12-11)6-1-2-8-9(3-6)14-5-13-8/h1-4,12H,5,10-11H2/b7-4-. The second kappa shape index (κ2) is 3.47. The quantitative estimate of drug-likeness (QED) is 0.459. The largest absolute Gasteiger partial charge is 0.454 e. The molecule has 1 aliphatic rings. The summed E-state index contributed by atoms with van der Waals surface area (Å²) in [6.45, 7) is 0.260. The fraction of sp³-hybridized carbons (Fsp3) is 0.111. The van der Waals surface area contributed by atoms with Crippen molar-refractivity contribution in [3.63, 3.8) is 0 Å². The van der Waals surface area contributed by atoms with E-state index >= 15 is 0 Å². The van der Waals surface area contributed by atoms with Crippen molar-refractivity contribution >= 4 is 5.70 Å². The third kappa shape index (κ3) is 1.33. The van der Waals surface area contributed by atoms with E-state index < -0.39 is 0 Å². The number of hydrogen-bond acceptors (Lipinski definition) is 5. The summed E-state index contributed by atoms with van der Waals surface area (Å²) in [4.78, 5) is 0. The molecule has 1 heterocycles. The zero-order valence-corrected chi connectivity index (χ0v) is 7.49. The Hall–Kier alpha value is -1.88. The first kappa shape index (κ1) is 8.71. The SMILES string of the molecule is N/C=C(\NN)c1ccc2c(c1)OCO2. The predicted octanol–water partition coefficient (Wildman–Crippen LogP) is 0.136. The number of hydrazine groups is 1. The summed E-state index contributed by atoms with van der Waals surface area (Å²) in [5.41, 5.74) is 9.39. The number of nitrogens with two attached hydrogens (primary N) is 2. The van der Waals surface area contributed by atoms with Crippen molar-refractivity contribution in [1.29, 1.82) is 0 Å². The second-order valence-corrected chi connectivity index (χ2v) is 2.79. The molecule has 2 rings (SSSR count). The molecule has 0 bridgehead atoms. The zero-order valence-electron chi connectivity index (χ0n) is 7.49. The zero-order chi connectivity index (χ0) is 9.97. The summed E-state index contributed by atoms with van der Waals surface area (Å²) >= 11 is 0. The molecule has 1 aromatic carbocycles. The Labute approximate surface area is 81.3 Å². The Kier molecular flexibility index (Phi) is 2.16. The van der Waals surface area contributed by atoms with Crippen LogP contribution in [-0.4, -0.2) is 6.79 Å². The van der Waals surface area contributed by atoms with Gasteiger partial charge in [-0.15, -0.1) is 0 Å². The molecule has 0 aromatic heterocycles. The first-order valence-corrected chi connectivity index (χ1v) is 4.13. The van der Waals surface area contributed by atoms with Crippen molar-refractivity contribution in [2.24, 2.45) is 11.6 Å². The maximum absolute atomic E-state index is 5.38. The van der Waals surface area contributed by atoms with Gasteiger partial charge in [0.15, 0.2) is 11.5 Å². The number of benzene rings is 1. The highest BCUT2D eigenvalue weighted by Crippen LogP contribution is 2.33. The van der Waals surface area contributed by atoms with Crippen molar-refractivity contribution in [3.05, 3.63) is 30.0 Å². The highest BCUT2D eigenvalue weighted by molar-refractivity contribution is 5.66. The minimum absolute atomic E-state index is 0.260. The van der Waals surface area contributed by atoms with Crippen LogP contribution in [0.3, 0.4) is 0 Å². The van der Waals surface area contributed by atoms with Crippen LogP contribution in [0.4, 0.5) is 0 Å². The molecule has 0 fully saturated rings. The molecule has 0 spiro atoms. The molecule has 0 unspecified atom stereocenters. The number of fused-ring (bicyclic) bond motifs is 1. The lowest BCUT2D eigenvalue weighted by molar-refractivity contribution is 0.174. The third-order valence-electron chi connectivity index (χ3n) is 2.01. The van der Waals surface area contributed by atoms with Crippen LogP contribution in [0.5, 0.6) is 11.5 Å². The van der Waals surface area contributed by atoms with E-state index in [0.29, 0.717) is 11.4 Å². The van der Waals surface area contributed by atoms with Gasteiger partial charge in [0.1, 0.15) is 0 Å². The normalized spacial score (nSPS) is 14.2. The van der Waals surface area contributed by atoms with Gasteiger partial charge in [0.2, 0.25) is 6.79 Å². The molecule has 1 aliphatic heterocycles. The molecular formula is C9H11N3O2. The second-order valence-electron chi connectivity index (χ2n) is 2.79. The van der Waals surface area contributed by atoms with Gasteiger partial charge in [-0.3, -0.25) is 5.84 Å². The lowest BCUT2D eigenvalue weighted by Crippen LogP contribution is -2.20. The Bertz CT molecular complexity index is 376. The Morgan fingerprint density at radius 1 is 1.36 bits per heavy atom. The molecule has 0 aliphatic carbocycles. The van der Waals surface area contributed by atoms with Gasteiger partial charge in [0.05, 0.1) is 5.70 Å². The van der Waals surface area contributed by atoms with E-state index in [1.54, 1.807) is 0 Å². The molecule has 5 N–H and O–H groups in total. The van der Waals surface area contributed by atoms with Crippen LogP contribution in [0.15, 0.2) is 24.4 Å². The minimum Gasteiger partial charge on any atom is -0.454 e. The van der Waals surface area contributed by atoms with Gasteiger partial charge in [-0.1, -0.05) is 0 Å². The lowest BCUT2D eigenvalue weighted by Gasteiger charge is -2.06. The van der Waals surface area contributed by atoms with Crippen molar-refractivity contribution < 1.29 is 9.47 Å². The minimum atomic E-state index is 0.260. The maximum atomic E-state index is 5.38. The molecule has 0 atom stereocenters. The van der Waals surface area contributed by atoms with Crippen molar-refractivity contribution in [3.8, 4) is 11.5 Å². The van der Waals surface area contributed by atoms with Crippen LogP contribution in [-0.2, 0) is 0 Å². The van der Waals surface area contributed by atoms with Gasteiger partial charge in [0, 0.05) is 11.8 Å². The van der Waals surface area contributed by atoms with Gasteiger partial charge >= 0.3 is 0 Å². The molecule has 1 aromatic rings. The van der Waals surface area contributed by atoms with Crippen LogP contribution >= 0.6 is 0 Å². The fourth-order valence-corrected chi connectivity index (χ4v) is 1.29. The highest BCUT2D eigenvalue weighted by atomic mass is 16.7. The van der Waals surface area contributed by atoms with Crippen LogP contribution in [0, 0.1) is 0 Å². The van der Waals surface area contributed by atoms with Crippen LogP contribution < -0.4 is 26.5 Å². The molecule has 0 saturated heterocycles. The average molecular weight is 193 g/mol. The molecule has 5 heteroatoms. The first-order chi connectivity index (χ1) is 6.85. The molecular weight excluding hydrogens is 182 g/mol. The fourth-order valence-electron chi connectivity index (χ4n) is 1.29. The summed E-state index contributed by atoms with van der Waals surface area (Å²) in [7, 11) is 0. The van der Waals surface area contributed by atoms with Gasteiger partial charge in [-0.2, -0.15) is 0 Å². The van der Waals surface area contributed by atoms with Crippen LogP contribution in [0.2, 0.25) is 0 Å². The Morgan fingerprint density at radius 3 is 2.86 bits per heavy atom. The van der Waals surface area contributed by atoms with Crippen LogP contribution in [0.25, 0.3) is 5.70 Å². The van der Waals surface area contributed by atoms with Gasteiger partial charge in [-0.05, 0) is 18.2 Å². The van der Waals surface area contributed by atoms with E-state index in [2.05, 4.69) is 5.43 Å². The van der Waals surface area contributed by atoms with Gasteiger partial charge < -0.3 is 20.6 Å². The summed E-state index contributed by atoms with van der Waals surface area (Å²) < 4.78 is 10.4. The highest BCUT2D eigenvalue weighted by Gasteiger charge is 2.13. The Morgan fingerprint density at radius 2 is 2.14 bits per heavy atom. The van der Waals surface area contributed by atoms with Gasteiger partial charge in [-0.25, -0.2) is 0 Å². The van der Waals surface area contributed by atoms with Crippen molar-refractivity contribution in [2.45, 2.75) is 0 Å². The van der Waals surface area contributed by atoms with E-state index in [-0.39, 0.29) is 6.79 Å². The number of rotatable bonds is 2. The number of hydrogen-bond donors (Lipinski definition) is 3. The lowest BCUT2D eigenvalue weighted by atomic mass is 10.1. The van der Waals surface area contributed by atoms with E-state index in [1.807, 2.05) is 18.2 Å². The maximum Gasteiger partial charge on any atom is 0.231 e. The average Bonchev–Trinajstić information content (AvgIpc) is 2.66. The van der Waals surface area contributed by atoms with E-state index in [9.17, 15) is 0 Å². The third-order valence-corrected chi connectivity index (χ3v) is 2.01. The summed E-state index contributed by atoms with van der Waals surface area (Å²) in [6.07, 6.45) is 1.40.